The minimum Gasteiger partial charge on any atom is -0.422 e. The first kappa shape index (κ1) is 32.7. The molecule has 0 fully saturated rings. The predicted octanol–water partition coefficient (Wildman–Crippen LogP) is 6.90. The predicted molar refractivity (Wildman–Crippen MR) is 160 cm³/mol. The van der Waals surface area contributed by atoms with Crippen LogP contribution in [0.2, 0.25) is 0 Å². The van der Waals surface area contributed by atoms with Crippen molar-refractivity contribution in [3.63, 3.8) is 0 Å². The van der Waals surface area contributed by atoms with Crippen LogP contribution in [0.1, 0.15) is 31.9 Å². The van der Waals surface area contributed by atoms with Crippen LogP contribution in [0.15, 0.2) is 85.0 Å². The Hall–Kier alpha value is -4.86. The number of hydrogen-bond acceptors (Lipinski definition) is 8. The Bertz CT molecular complexity index is 1590. The number of rotatable bonds is 12. The summed E-state index contributed by atoms with van der Waals surface area (Å²) in [5, 5.41) is 0. The monoisotopic (exact) mass is 588 g/mol. The molecule has 0 aliphatic heterocycles. The summed E-state index contributed by atoms with van der Waals surface area (Å²) in [5.41, 5.74) is 3.30. The lowest BCUT2D eigenvalue weighted by atomic mass is 9.96. The van der Waals surface area contributed by atoms with E-state index in [0.29, 0.717) is 27.8 Å². The Labute approximate surface area is 250 Å². The summed E-state index contributed by atoms with van der Waals surface area (Å²) in [6.07, 6.45) is 0. The Morgan fingerprint density at radius 2 is 1.09 bits per heavy atom. The van der Waals surface area contributed by atoms with Gasteiger partial charge in [-0.15, -0.1) is 0 Å². The number of carbonyl (C=O) groups is 3. The highest BCUT2D eigenvalue weighted by atomic mass is 19.1. The molecule has 3 aromatic carbocycles. The molecule has 8 nitrogen and oxygen atoms in total. The zero-order valence-corrected chi connectivity index (χ0v) is 24.8. The molecule has 0 amide bonds. The lowest BCUT2D eigenvalue weighted by Gasteiger charge is -2.17. The van der Waals surface area contributed by atoms with Crippen molar-refractivity contribution >= 4 is 17.9 Å². The van der Waals surface area contributed by atoms with Gasteiger partial charge in [0.15, 0.2) is 11.5 Å². The molecule has 0 unspecified atom stereocenters. The van der Waals surface area contributed by atoms with E-state index in [0.717, 1.165) is 0 Å². The second-order valence-corrected chi connectivity index (χ2v) is 9.86. The maximum Gasteiger partial charge on any atom is 0.338 e. The smallest absolute Gasteiger partial charge is 0.338 e. The molecule has 3 rings (SSSR count). The van der Waals surface area contributed by atoms with E-state index in [9.17, 15) is 14.4 Å². The quantitative estimate of drug-likeness (QED) is 0.128. The van der Waals surface area contributed by atoms with Gasteiger partial charge in [-0.25, -0.2) is 18.8 Å². The van der Waals surface area contributed by atoms with Gasteiger partial charge in [0.1, 0.15) is 11.6 Å². The minimum absolute atomic E-state index is 0.00720. The summed E-state index contributed by atoms with van der Waals surface area (Å²) in [6.45, 7) is 15.4. The van der Waals surface area contributed by atoms with E-state index in [2.05, 4.69) is 19.7 Å². The van der Waals surface area contributed by atoms with E-state index in [1.165, 1.54) is 53.2 Å². The van der Waals surface area contributed by atoms with Crippen molar-refractivity contribution in [2.45, 2.75) is 34.0 Å². The molecule has 0 spiro atoms. The number of methoxy groups -OCH3 is 2. The van der Waals surface area contributed by atoms with E-state index in [4.69, 9.17) is 23.7 Å². The van der Waals surface area contributed by atoms with Gasteiger partial charge in [-0.1, -0.05) is 37.9 Å². The fourth-order valence-electron chi connectivity index (χ4n) is 3.90. The normalized spacial score (nSPS) is 10.6. The summed E-state index contributed by atoms with van der Waals surface area (Å²) in [4.78, 5) is 36.7. The molecule has 0 radical (unpaired) electrons. The number of ether oxygens (including phenoxy) is 5. The van der Waals surface area contributed by atoms with Crippen LogP contribution in [0, 0.1) is 5.82 Å². The molecule has 0 heterocycles. The van der Waals surface area contributed by atoms with Crippen LogP contribution in [-0.2, 0) is 37.1 Å². The molecular formula is C34H33FO8. The average molecular weight is 589 g/mol. The SMILES string of the molecule is C=C(C)C(=O)Oc1ccc(-c2ccc(-c3cc(COC)c(OC(=O)C(=C)C)c(COC)c3)c(F)c2)cc1OC(=O)C(=C)C. The van der Waals surface area contributed by atoms with Gasteiger partial charge in [-0.2, -0.15) is 0 Å². The molecule has 43 heavy (non-hydrogen) atoms. The maximum absolute atomic E-state index is 15.7. The second-order valence-electron chi connectivity index (χ2n) is 9.86. The highest BCUT2D eigenvalue weighted by molar-refractivity contribution is 5.92. The summed E-state index contributed by atoms with van der Waals surface area (Å²) < 4.78 is 42.6. The molecule has 9 heteroatoms. The highest BCUT2D eigenvalue weighted by Crippen LogP contribution is 2.37. The van der Waals surface area contributed by atoms with Crippen LogP contribution in [0.5, 0.6) is 17.2 Å². The summed E-state index contributed by atoms with van der Waals surface area (Å²) >= 11 is 0. The van der Waals surface area contributed by atoms with Gasteiger partial charge >= 0.3 is 17.9 Å². The topological polar surface area (TPSA) is 97.4 Å². The van der Waals surface area contributed by atoms with Crippen molar-refractivity contribution in [2.75, 3.05) is 14.2 Å². The molecule has 0 aliphatic rings. The maximum atomic E-state index is 15.7. The fraction of sp³-hybridized carbons (Fsp3) is 0.206. The van der Waals surface area contributed by atoms with Crippen LogP contribution in [0.3, 0.4) is 0 Å². The lowest BCUT2D eigenvalue weighted by Crippen LogP contribution is -2.12. The molecule has 0 aliphatic carbocycles. The summed E-state index contributed by atoms with van der Waals surface area (Å²) in [7, 11) is 2.99. The largest absolute Gasteiger partial charge is 0.422 e. The van der Waals surface area contributed by atoms with Crippen LogP contribution >= 0.6 is 0 Å². The highest BCUT2D eigenvalue weighted by Gasteiger charge is 2.20. The van der Waals surface area contributed by atoms with Crippen LogP contribution < -0.4 is 14.2 Å². The molecule has 0 aromatic heterocycles. The number of halogens is 1. The number of benzene rings is 3. The lowest BCUT2D eigenvalue weighted by molar-refractivity contribution is -0.132. The Morgan fingerprint density at radius 1 is 0.628 bits per heavy atom. The third kappa shape index (κ3) is 8.12. The van der Waals surface area contributed by atoms with E-state index < -0.39 is 23.7 Å². The molecule has 0 saturated heterocycles. The Balaban J connectivity index is 2.07. The first-order valence-electron chi connectivity index (χ1n) is 13.1. The van der Waals surface area contributed by atoms with E-state index >= 15 is 4.39 Å². The molecule has 3 aromatic rings. The third-order valence-electron chi connectivity index (χ3n) is 6.05. The van der Waals surface area contributed by atoms with Crippen molar-refractivity contribution in [1.29, 1.82) is 0 Å². The average Bonchev–Trinajstić information content (AvgIpc) is 2.95. The number of carbonyl (C=O) groups excluding carboxylic acids is 3. The van der Waals surface area contributed by atoms with E-state index in [1.54, 1.807) is 30.3 Å². The number of esters is 3. The summed E-state index contributed by atoms with van der Waals surface area (Å²) in [6, 6.07) is 12.5. The van der Waals surface area contributed by atoms with Crippen molar-refractivity contribution in [2.24, 2.45) is 0 Å². The van der Waals surface area contributed by atoms with Gasteiger partial charge in [0.2, 0.25) is 0 Å². The molecule has 224 valence electrons. The van der Waals surface area contributed by atoms with Gasteiger partial charge in [-0.3, -0.25) is 0 Å². The van der Waals surface area contributed by atoms with Gasteiger partial charge < -0.3 is 23.7 Å². The summed E-state index contributed by atoms with van der Waals surface area (Å²) in [5.74, 6) is -2.35. The van der Waals surface area contributed by atoms with Gasteiger partial charge in [-0.05, 0) is 67.8 Å². The molecule has 0 atom stereocenters. The first-order valence-corrected chi connectivity index (χ1v) is 13.1. The van der Waals surface area contributed by atoms with Crippen LogP contribution in [-0.4, -0.2) is 32.1 Å². The van der Waals surface area contributed by atoms with E-state index in [-0.39, 0.29) is 52.7 Å². The molecule has 0 saturated carbocycles. The first-order chi connectivity index (χ1) is 20.4. The van der Waals surface area contributed by atoms with Crippen molar-refractivity contribution in [1.82, 2.24) is 0 Å². The fourth-order valence-corrected chi connectivity index (χ4v) is 3.90. The van der Waals surface area contributed by atoms with Gasteiger partial charge in [0.05, 0.1) is 13.2 Å². The van der Waals surface area contributed by atoms with Gasteiger partial charge in [0, 0.05) is 47.6 Å². The van der Waals surface area contributed by atoms with Crippen molar-refractivity contribution < 1.29 is 42.5 Å². The molecule has 0 N–H and O–H groups in total. The molecular weight excluding hydrogens is 555 g/mol. The zero-order valence-electron chi connectivity index (χ0n) is 24.8. The van der Waals surface area contributed by atoms with Crippen molar-refractivity contribution in [3.05, 3.63) is 102 Å². The Kier molecular flexibility index (Phi) is 10.9. The van der Waals surface area contributed by atoms with Crippen LogP contribution in [0.4, 0.5) is 4.39 Å². The minimum atomic E-state index is -0.720. The van der Waals surface area contributed by atoms with Crippen molar-refractivity contribution in [3.8, 4) is 39.5 Å². The number of hydrogen-bond donors (Lipinski definition) is 0. The third-order valence-corrected chi connectivity index (χ3v) is 6.05. The molecule has 0 bridgehead atoms. The van der Waals surface area contributed by atoms with Gasteiger partial charge in [0.25, 0.3) is 0 Å². The zero-order chi connectivity index (χ0) is 31.8. The second kappa shape index (κ2) is 14.4. The Morgan fingerprint density at radius 3 is 1.58 bits per heavy atom. The van der Waals surface area contributed by atoms with Crippen LogP contribution in [0.25, 0.3) is 22.3 Å². The van der Waals surface area contributed by atoms with E-state index in [1.807, 2.05) is 0 Å². The standard InChI is InChI=1S/C34H33FO8/c1-19(2)32(36)41-29-12-10-23(16-30(29)42-33(37)20(3)4)22-9-11-27(28(35)15-22)24-13-25(17-39-7)31(26(14-24)18-40-8)43-34(38)21(5)6/h9-16H,1,3,5,17-18H2,2,4,6-8H3.